The van der Waals surface area contributed by atoms with Crippen molar-refractivity contribution in [2.24, 2.45) is 5.92 Å². The third-order valence-electron chi connectivity index (χ3n) is 7.28. The monoisotopic (exact) mass is 475 g/mol. The highest BCUT2D eigenvalue weighted by atomic mass is 16.1. The number of benzene rings is 1. The van der Waals surface area contributed by atoms with E-state index in [1.165, 1.54) is 24.8 Å². The number of anilines is 1. The molecule has 4 heterocycles. The van der Waals surface area contributed by atoms with Crippen LogP contribution in [0.5, 0.6) is 0 Å². The molecule has 1 amide bonds. The van der Waals surface area contributed by atoms with Crippen molar-refractivity contribution in [3.8, 4) is 0 Å². The zero-order chi connectivity index (χ0) is 24.0. The van der Waals surface area contributed by atoms with Gasteiger partial charge in [-0.15, -0.1) is 0 Å². The third-order valence-corrected chi connectivity index (χ3v) is 7.28. The first-order valence-corrected chi connectivity index (χ1v) is 13.1. The summed E-state index contributed by atoms with van der Waals surface area (Å²) in [4.78, 5) is 31.7. The molecule has 2 aromatic heterocycles. The van der Waals surface area contributed by atoms with E-state index in [4.69, 9.17) is 4.98 Å². The average molecular weight is 476 g/mol. The van der Waals surface area contributed by atoms with Crippen molar-refractivity contribution in [3.05, 3.63) is 48.0 Å². The summed E-state index contributed by atoms with van der Waals surface area (Å²) in [6.45, 7) is 5.16. The molecule has 0 saturated carbocycles. The summed E-state index contributed by atoms with van der Waals surface area (Å²) in [7, 11) is 2.13. The largest absolute Gasteiger partial charge is 0.356 e. The zero-order valence-electron chi connectivity index (χ0n) is 20.8. The van der Waals surface area contributed by atoms with Gasteiger partial charge in [0.05, 0.1) is 5.92 Å². The van der Waals surface area contributed by atoms with Gasteiger partial charge >= 0.3 is 0 Å². The summed E-state index contributed by atoms with van der Waals surface area (Å²) < 4.78 is 2.27. The Morgan fingerprint density at radius 2 is 2.00 bits per heavy atom. The number of carbonyl (C=O) groups excluding carboxylic acids is 1. The van der Waals surface area contributed by atoms with Crippen molar-refractivity contribution in [1.29, 1.82) is 0 Å². The number of fused-ring (bicyclic) bond motifs is 3. The Kier molecular flexibility index (Phi) is 7.57. The fourth-order valence-electron chi connectivity index (χ4n) is 5.42. The molecule has 0 unspecified atom stereocenters. The van der Waals surface area contributed by atoms with Gasteiger partial charge in [0.2, 0.25) is 5.91 Å². The number of carbonyl (C=O) groups is 1. The second kappa shape index (κ2) is 11.2. The lowest BCUT2D eigenvalue weighted by molar-refractivity contribution is -0.125. The van der Waals surface area contributed by atoms with E-state index < -0.39 is 0 Å². The van der Waals surface area contributed by atoms with E-state index in [0.29, 0.717) is 13.1 Å². The number of hydrogen-bond acceptors (Lipinski definition) is 6. The van der Waals surface area contributed by atoms with Crippen molar-refractivity contribution in [1.82, 2.24) is 29.7 Å². The number of aromatic nitrogens is 4. The number of hydrogen-bond donors (Lipinski definition) is 1. The number of nitrogens with zero attached hydrogens (tertiary/aromatic N) is 6. The minimum atomic E-state index is -0.0174. The molecule has 1 aromatic carbocycles. The number of piperidine rings is 1. The Labute approximate surface area is 207 Å². The van der Waals surface area contributed by atoms with E-state index in [2.05, 4.69) is 61.0 Å². The van der Waals surface area contributed by atoms with Crippen molar-refractivity contribution in [2.75, 3.05) is 38.1 Å². The predicted molar refractivity (Wildman–Crippen MR) is 138 cm³/mol. The van der Waals surface area contributed by atoms with E-state index in [1.54, 1.807) is 6.33 Å². The lowest BCUT2D eigenvalue weighted by Crippen LogP contribution is -2.44. The Bertz CT molecular complexity index is 1130. The van der Waals surface area contributed by atoms with Crippen LogP contribution in [0.2, 0.25) is 0 Å². The SMILES string of the molecule is CN(CCCNC(=O)[C@H]1CCCN(c2ncnc3c2nc2n3CCCCC2)C1)Cc1ccccc1. The fraction of sp³-hybridized carbons (Fsp3) is 0.556. The highest BCUT2D eigenvalue weighted by Crippen LogP contribution is 2.29. The summed E-state index contributed by atoms with van der Waals surface area (Å²) in [6, 6.07) is 10.5. The summed E-state index contributed by atoms with van der Waals surface area (Å²) in [6.07, 6.45) is 9.11. The molecule has 8 nitrogen and oxygen atoms in total. The van der Waals surface area contributed by atoms with Crippen LogP contribution in [0.4, 0.5) is 5.82 Å². The lowest BCUT2D eigenvalue weighted by atomic mass is 9.97. The number of rotatable bonds is 8. The Morgan fingerprint density at radius 3 is 2.89 bits per heavy atom. The fourth-order valence-corrected chi connectivity index (χ4v) is 5.42. The molecule has 1 N–H and O–H groups in total. The van der Waals surface area contributed by atoms with Crippen LogP contribution in [0.3, 0.4) is 0 Å². The number of nitrogens with one attached hydrogen (secondary N) is 1. The van der Waals surface area contributed by atoms with Gasteiger partial charge in [0.25, 0.3) is 0 Å². The van der Waals surface area contributed by atoms with Crippen molar-refractivity contribution < 1.29 is 4.79 Å². The lowest BCUT2D eigenvalue weighted by Gasteiger charge is -2.32. The maximum absolute atomic E-state index is 13.0. The quantitative estimate of drug-likeness (QED) is 0.503. The van der Waals surface area contributed by atoms with Crippen molar-refractivity contribution in [3.63, 3.8) is 0 Å². The summed E-state index contributed by atoms with van der Waals surface area (Å²) in [5.74, 6) is 2.15. The molecule has 0 radical (unpaired) electrons. The van der Waals surface area contributed by atoms with Crippen molar-refractivity contribution >= 4 is 22.9 Å². The molecule has 0 aliphatic carbocycles. The van der Waals surface area contributed by atoms with E-state index in [1.807, 2.05) is 6.07 Å². The summed E-state index contributed by atoms with van der Waals surface area (Å²) in [5, 5.41) is 3.18. The predicted octanol–water partition coefficient (Wildman–Crippen LogP) is 3.41. The van der Waals surface area contributed by atoms with Gasteiger partial charge in [-0.2, -0.15) is 0 Å². The molecule has 5 rings (SSSR count). The van der Waals surface area contributed by atoms with Crippen LogP contribution in [-0.4, -0.2) is 63.6 Å². The second-order valence-corrected chi connectivity index (χ2v) is 10.0. The molecule has 3 aromatic rings. The topological polar surface area (TPSA) is 79.2 Å². The molecule has 0 bridgehead atoms. The summed E-state index contributed by atoms with van der Waals surface area (Å²) in [5.41, 5.74) is 3.15. The Morgan fingerprint density at radius 1 is 1.11 bits per heavy atom. The molecule has 8 heteroatoms. The normalized spacial score (nSPS) is 18.5. The van der Waals surface area contributed by atoms with Gasteiger partial charge in [0.15, 0.2) is 17.0 Å². The van der Waals surface area contributed by atoms with Crippen LogP contribution in [0.25, 0.3) is 11.2 Å². The van der Waals surface area contributed by atoms with Crippen LogP contribution in [0, 0.1) is 5.92 Å². The van der Waals surface area contributed by atoms with Gasteiger partial charge in [0.1, 0.15) is 12.2 Å². The molecule has 35 heavy (non-hydrogen) atoms. The van der Waals surface area contributed by atoms with Crippen LogP contribution < -0.4 is 10.2 Å². The Balaban J connectivity index is 1.15. The van der Waals surface area contributed by atoms with Crippen LogP contribution in [-0.2, 0) is 24.3 Å². The molecule has 2 aliphatic heterocycles. The van der Waals surface area contributed by atoms with E-state index in [9.17, 15) is 4.79 Å². The summed E-state index contributed by atoms with van der Waals surface area (Å²) >= 11 is 0. The molecule has 2 aliphatic rings. The second-order valence-electron chi connectivity index (χ2n) is 10.0. The molecule has 1 fully saturated rings. The first-order chi connectivity index (χ1) is 17.2. The molecular weight excluding hydrogens is 438 g/mol. The maximum Gasteiger partial charge on any atom is 0.224 e. The highest BCUT2D eigenvalue weighted by Gasteiger charge is 2.29. The van der Waals surface area contributed by atoms with Crippen LogP contribution in [0.1, 0.15) is 49.9 Å². The highest BCUT2D eigenvalue weighted by molar-refractivity contribution is 5.85. The van der Waals surface area contributed by atoms with E-state index in [-0.39, 0.29) is 11.8 Å². The smallest absolute Gasteiger partial charge is 0.224 e. The van der Waals surface area contributed by atoms with Crippen molar-refractivity contribution in [2.45, 2.75) is 58.0 Å². The van der Waals surface area contributed by atoms with Gasteiger partial charge in [-0.05, 0) is 51.3 Å². The van der Waals surface area contributed by atoms with Gasteiger partial charge in [0, 0.05) is 39.1 Å². The van der Waals surface area contributed by atoms with E-state index >= 15 is 0 Å². The number of imidazole rings is 1. The zero-order valence-corrected chi connectivity index (χ0v) is 20.8. The Hall–Kier alpha value is -3.00. The molecular formula is C27H37N7O. The molecule has 1 saturated heterocycles. The molecule has 0 spiro atoms. The average Bonchev–Trinajstić information content (AvgIpc) is 3.08. The van der Waals surface area contributed by atoms with Crippen LogP contribution in [0.15, 0.2) is 36.7 Å². The molecule has 1 atom stereocenters. The number of aryl methyl sites for hydroxylation is 2. The minimum Gasteiger partial charge on any atom is -0.356 e. The maximum atomic E-state index is 13.0. The van der Waals surface area contributed by atoms with E-state index in [0.717, 1.165) is 74.7 Å². The van der Waals surface area contributed by atoms with Gasteiger partial charge < -0.3 is 19.7 Å². The first kappa shape index (κ1) is 23.7. The van der Waals surface area contributed by atoms with Gasteiger partial charge in [-0.1, -0.05) is 36.8 Å². The minimum absolute atomic E-state index is 0.0174. The standard InChI is InChI=1S/C27H37N7O/c1-32(18-21-10-4-2-5-11-21)15-9-14-28-27(35)22-12-8-16-33(19-22)25-24-26(30-20-29-25)34-17-7-3-6-13-23(34)31-24/h2,4-5,10-11,20,22H,3,6-9,12-19H2,1H3,(H,28,35)/t22-/m0/s1. The first-order valence-electron chi connectivity index (χ1n) is 13.1. The third kappa shape index (κ3) is 5.64. The van der Waals surface area contributed by atoms with Gasteiger partial charge in [-0.3, -0.25) is 4.79 Å². The molecule has 186 valence electrons. The number of amides is 1. The van der Waals surface area contributed by atoms with Crippen LogP contribution >= 0.6 is 0 Å². The van der Waals surface area contributed by atoms with Gasteiger partial charge in [-0.25, -0.2) is 15.0 Å².